The molecule has 0 spiro atoms. The van der Waals surface area contributed by atoms with Crippen LogP contribution in [0.4, 0.5) is 5.69 Å². The molecule has 1 aromatic rings. The second-order valence-electron chi connectivity index (χ2n) is 5.72. The maximum Gasteiger partial charge on any atom is 0.251 e. The van der Waals surface area contributed by atoms with Crippen LogP contribution in [0.3, 0.4) is 0 Å². The van der Waals surface area contributed by atoms with Crippen LogP contribution >= 0.6 is 0 Å². The van der Waals surface area contributed by atoms with Crippen molar-refractivity contribution in [1.29, 1.82) is 0 Å². The van der Waals surface area contributed by atoms with Crippen molar-refractivity contribution in [2.75, 3.05) is 4.90 Å². The molecule has 1 aliphatic heterocycles. The number of anilines is 1. The van der Waals surface area contributed by atoms with Gasteiger partial charge in [0.25, 0.3) is 5.91 Å². The maximum atomic E-state index is 12.4. The summed E-state index contributed by atoms with van der Waals surface area (Å²) in [4.78, 5) is 25.7. The minimum atomic E-state index is -0.363. The zero-order chi connectivity index (χ0) is 13.5. The summed E-state index contributed by atoms with van der Waals surface area (Å²) in [5.41, 5.74) is 0.702. The lowest BCUT2D eigenvalue weighted by Gasteiger charge is -2.41. The van der Waals surface area contributed by atoms with E-state index < -0.39 is 0 Å². The Kier molecular flexibility index (Phi) is 2.90. The van der Waals surface area contributed by atoms with Gasteiger partial charge in [0.1, 0.15) is 0 Å². The van der Waals surface area contributed by atoms with E-state index in [0.29, 0.717) is 5.69 Å². The first-order valence-corrected chi connectivity index (χ1v) is 6.79. The third kappa shape index (κ3) is 2.16. The maximum absolute atomic E-state index is 12.4. The largest absolute Gasteiger partial charge is 0.300 e. The molecule has 2 aliphatic rings. The molecular weight excluding hydrogens is 240 g/mol. The Morgan fingerprint density at radius 2 is 1.89 bits per heavy atom. The van der Waals surface area contributed by atoms with E-state index in [1.807, 2.05) is 18.2 Å². The predicted octanol–water partition coefficient (Wildman–Crippen LogP) is 1.85. The third-order valence-corrected chi connectivity index (χ3v) is 4.14. The monoisotopic (exact) mass is 258 g/mol. The Balaban J connectivity index is 1.78. The number of nitrogens with zero attached hydrogens (tertiary/aromatic N) is 1. The van der Waals surface area contributed by atoms with Gasteiger partial charge in [-0.05, 0) is 38.3 Å². The summed E-state index contributed by atoms with van der Waals surface area (Å²) in [6, 6.07) is 8.78. The van der Waals surface area contributed by atoms with Gasteiger partial charge in [0.2, 0.25) is 5.91 Å². The van der Waals surface area contributed by atoms with Crippen LogP contribution in [0.2, 0.25) is 0 Å². The summed E-state index contributed by atoms with van der Waals surface area (Å²) in [7, 11) is 0. The molecule has 2 amide bonds. The molecule has 0 bridgehead atoms. The van der Waals surface area contributed by atoms with Crippen molar-refractivity contribution in [2.24, 2.45) is 0 Å². The average Bonchev–Trinajstić information content (AvgIpc) is 2.63. The summed E-state index contributed by atoms with van der Waals surface area (Å²) in [6.07, 6.45) is 3.62. The van der Waals surface area contributed by atoms with Gasteiger partial charge in [0.15, 0.2) is 0 Å². The van der Waals surface area contributed by atoms with Crippen LogP contribution in [0.5, 0.6) is 0 Å². The number of amides is 2. The lowest BCUT2D eigenvalue weighted by atomic mass is 9.78. The highest BCUT2D eigenvalue weighted by Gasteiger charge is 2.44. The molecule has 0 radical (unpaired) electrons. The van der Waals surface area contributed by atoms with Crippen molar-refractivity contribution >= 4 is 17.5 Å². The van der Waals surface area contributed by atoms with E-state index in [0.717, 1.165) is 12.8 Å². The van der Waals surface area contributed by atoms with Gasteiger partial charge < -0.3 is 5.32 Å². The summed E-state index contributed by atoms with van der Waals surface area (Å²) in [5.74, 6) is -0.235. The highest BCUT2D eigenvalue weighted by Crippen LogP contribution is 2.33. The zero-order valence-corrected chi connectivity index (χ0v) is 11.1. The molecule has 1 saturated heterocycles. The quantitative estimate of drug-likeness (QED) is 0.842. The lowest BCUT2D eigenvalue weighted by Crippen LogP contribution is -2.55. The average molecular weight is 258 g/mol. The molecule has 1 unspecified atom stereocenters. The summed E-state index contributed by atoms with van der Waals surface area (Å²) < 4.78 is 0. The molecule has 1 aromatic carbocycles. The summed E-state index contributed by atoms with van der Waals surface area (Å²) in [6.45, 7) is 2.12. The molecule has 1 saturated carbocycles. The van der Waals surface area contributed by atoms with E-state index in [9.17, 15) is 9.59 Å². The van der Waals surface area contributed by atoms with Crippen LogP contribution in [0.15, 0.2) is 30.3 Å². The number of imide groups is 1. The van der Waals surface area contributed by atoms with Crippen LogP contribution in [0, 0.1) is 0 Å². The molecule has 2 fully saturated rings. The zero-order valence-electron chi connectivity index (χ0n) is 11.1. The second-order valence-corrected chi connectivity index (χ2v) is 5.72. The SMILES string of the molecule is CC1(NC2CC(=O)N(c3ccccc3)C2=O)CCC1. The highest BCUT2D eigenvalue weighted by molar-refractivity contribution is 6.22. The number of carbonyl (C=O) groups excluding carboxylic acids is 2. The molecule has 19 heavy (non-hydrogen) atoms. The topological polar surface area (TPSA) is 49.4 Å². The van der Waals surface area contributed by atoms with Crippen LogP contribution in [-0.2, 0) is 9.59 Å². The normalized spacial score (nSPS) is 25.5. The Morgan fingerprint density at radius 1 is 1.21 bits per heavy atom. The first-order valence-electron chi connectivity index (χ1n) is 6.79. The Morgan fingerprint density at radius 3 is 2.47 bits per heavy atom. The first kappa shape index (κ1) is 12.4. The minimum Gasteiger partial charge on any atom is -0.300 e. The van der Waals surface area contributed by atoms with Gasteiger partial charge in [0, 0.05) is 5.54 Å². The van der Waals surface area contributed by atoms with Gasteiger partial charge in [-0.25, -0.2) is 4.90 Å². The van der Waals surface area contributed by atoms with E-state index in [2.05, 4.69) is 12.2 Å². The first-order chi connectivity index (χ1) is 9.09. The van der Waals surface area contributed by atoms with Crippen LogP contribution < -0.4 is 10.2 Å². The number of rotatable bonds is 3. The van der Waals surface area contributed by atoms with Crippen LogP contribution in [0.25, 0.3) is 0 Å². The lowest BCUT2D eigenvalue weighted by molar-refractivity contribution is -0.122. The third-order valence-electron chi connectivity index (χ3n) is 4.14. The smallest absolute Gasteiger partial charge is 0.251 e. The van der Waals surface area contributed by atoms with E-state index in [4.69, 9.17) is 0 Å². The Bertz CT molecular complexity index is 508. The molecule has 1 N–H and O–H groups in total. The number of hydrogen-bond acceptors (Lipinski definition) is 3. The van der Waals surface area contributed by atoms with Crippen molar-refractivity contribution < 1.29 is 9.59 Å². The van der Waals surface area contributed by atoms with E-state index in [-0.39, 0.29) is 29.8 Å². The molecule has 1 atom stereocenters. The molecule has 4 heteroatoms. The van der Waals surface area contributed by atoms with Gasteiger partial charge in [0.05, 0.1) is 18.2 Å². The number of benzene rings is 1. The van der Waals surface area contributed by atoms with Gasteiger partial charge in [-0.3, -0.25) is 9.59 Å². The number of hydrogen-bond donors (Lipinski definition) is 1. The van der Waals surface area contributed by atoms with Gasteiger partial charge in [-0.1, -0.05) is 18.2 Å². The minimum absolute atomic E-state index is 0.0350. The fourth-order valence-electron chi connectivity index (χ4n) is 2.87. The van der Waals surface area contributed by atoms with E-state index in [1.54, 1.807) is 12.1 Å². The highest BCUT2D eigenvalue weighted by atomic mass is 16.2. The van der Waals surface area contributed by atoms with Crippen molar-refractivity contribution in [3.63, 3.8) is 0 Å². The molecule has 100 valence electrons. The molecule has 1 heterocycles. The van der Waals surface area contributed by atoms with Crippen molar-refractivity contribution in [3.8, 4) is 0 Å². The molecule has 3 rings (SSSR count). The number of para-hydroxylation sites is 1. The van der Waals surface area contributed by atoms with Crippen molar-refractivity contribution in [2.45, 2.75) is 44.2 Å². The second kappa shape index (κ2) is 4.46. The standard InChI is InChI=1S/C15H18N2O2/c1-15(8-5-9-15)16-12-10-13(18)17(14(12)19)11-6-3-2-4-7-11/h2-4,6-7,12,16H,5,8-10H2,1H3. The fraction of sp³-hybridized carbons (Fsp3) is 0.467. The fourth-order valence-corrected chi connectivity index (χ4v) is 2.87. The molecular formula is C15H18N2O2. The van der Waals surface area contributed by atoms with Gasteiger partial charge in [-0.15, -0.1) is 0 Å². The summed E-state index contributed by atoms with van der Waals surface area (Å²) in [5, 5.41) is 3.36. The predicted molar refractivity (Wildman–Crippen MR) is 72.7 cm³/mol. The Labute approximate surface area is 112 Å². The van der Waals surface area contributed by atoms with Gasteiger partial charge >= 0.3 is 0 Å². The van der Waals surface area contributed by atoms with E-state index >= 15 is 0 Å². The number of nitrogens with one attached hydrogen (secondary N) is 1. The van der Waals surface area contributed by atoms with Crippen molar-refractivity contribution in [3.05, 3.63) is 30.3 Å². The van der Waals surface area contributed by atoms with E-state index in [1.165, 1.54) is 11.3 Å². The molecule has 1 aliphatic carbocycles. The van der Waals surface area contributed by atoms with Crippen molar-refractivity contribution in [1.82, 2.24) is 5.32 Å². The van der Waals surface area contributed by atoms with Crippen LogP contribution in [0.1, 0.15) is 32.6 Å². The molecule has 4 nitrogen and oxygen atoms in total. The summed E-state index contributed by atoms with van der Waals surface area (Å²) >= 11 is 0. The van der Waals surface area contributed by atoms with Gasteiger partial charge in [-0.2, -0.15) is 0 Å². The Hall–Kier alpha value is -1.68. The molecule has 0 aromatic heterocycles. The van der Waals surface area contributed by atoms with Crippen LogP contribution in [-0.4, -0.2) is 23.4 Å². The number of carbonyl (C=O) groups is 2.